The number of nitrogens with one attached hydrogen (secondary N) is 1. The van der Waals surface area contributed by atoms with Gasteiger partial charge in [-0.1, -0.05) is 0 Å². The fourth-order valence-corrected chi connectivity index (χ4v) is 2.40. The molecule has 0 atom stereocenters. The van der Waals surface area contributed by atoms with E-state index in [1.807, 2.05) is 18.3 Å². The molecule has 3 rings (SSSR count). The van der Waals surface area contributed by atoms with E-state index in [0.717, 1.165) is 35.9 Å². The van der Waals surface area contributed by atoms with Gasteiger partial charge in [0.2, 0.25) is 0 Å². The quantitative estimate of drug-likeness (QED) is 0.804. The van der Waals surface area contributed by atoms with Crippen molar-refractivity contribution in [3.05, 3.63) is 29.8 Å². The highest BCUT2D eigenvalue weighted by Crippen LogP contribution is 2.26. The maximum atomic E-state index is 9.49. The summed E-state index contributed by atoms with van der Waals surface area (Å²) in [6, 6.07) is 3.95. The monoisotopic (exact) mass is 217 g/mol. The van der Waals surface area contributed by atoms with E-state index in [4.69, 9.17) is 0 Å². The average molecular weight is 217 g/mol. The number of aliphatic hydroxyl groups excluding tert-OH is 1. The normalized spacial score (nSPS) is 15.1. The Morgan fingerprint density at radius 3 is 3.12 bits per heavy atom. The maximum Gasteiger partial charge on any atom is 0.110 e. The Morgan fingerprint density at radius 1 is 1.44 bits per heavy atom. The Labute approximate surface area is 93.9 Å². The summed E-state index contributed by atoms with van der Waals surface area (Å²) < 4.78 is 2.17. The molecule has 0 amide bonds. The largest absolute Gasteiger partial charge is 0.390 e. The molecule has 0 bridgehead atoms. The second-order valence-corrected chi connectivity index (χ2v) is 4.17. The van der Waals surface area contributed by atoms with Crippen molar-refractivity contribution in [1.82, 2.24) is 14.5 Å². The molecule has 0 unspecified atom stereocenters. The first-order valence-corrected chi connectivity index (χ1v) is 5.73. The minimum Gasteiger partial charge on any atom is -0.390 e. The zero-order valence-electron chi connectivity index (χ0n) is 9.11. The van der Waals surface area contributed by atoms with Crippen molar-refractivity contribution in [2.75, 3.05) is 0 Å². The number of hydrogen-bond donors (Lipinski definition) is 2. The molecule has 0 aliphatic carbocycles. The highest BCUT2D eigenvalue weighted by atomic mass is 16.3. The van der Waals surface area contributed by atoms with Crippen molar-refractivity contribution in [2.24, 2.45) is 0 Å². The number of imidazole rings is 1. The Morgan fingerprint density at radius 2 is 2.38 bits per heavy atom. The highest BCUT2D eigenvalue weighted by molar-refractivity contribution is 5.58. The van der Waals surface area contributed by atoms with Gasteiger partial charge in [0.25, 0.3) is 0 Å². The first kappa shape index (κ1) is 9.66. The standard InChI is InChI=1S/C12H15N3O/c16-8-10-12(9-4-3-6-13-9)14-11-5-1-2-7-15(10)11/h3-4,6,13,16H,1-2,5,7-8H2. The summed E-state index contributed by atoms with van der Waals surface area (Å²) in [5, 5.41) is 9.49. The third kappa shape index (κ3) is 1.38. The molecular formula is C12H15N3O. The first-order valence-electron chi connectivity index (χ1n) is 5.73. The molecule has 3 heterocycles. The minimum atomic E-state index is 0.0569. The zero-order chi connectivity index (χ0) is 11.0. The van der Waals surface area contributed by atoms with Gasteiger partial charge in [0, 0.05) is 19.2 Å². The van der Waals surface area contributed by atoms with Crippen LogP contribution in [0.15, 0.2) is 18.3 Å². The number of fused-ring (bicyclic) bond motifs is 1. The smallest absolute Gasteiger partial charge is 0.110 e. The van der Waals surface area contributed by atoms with E-state index in [0.29, 0.717) is 0 Å². The van der Waals surface area contributed by atoms with E-state index < -0.39 is 0 Å². The summed E-state index contributed by atoms with van der Waals surface area (Å²) in [7, 11) is 0. The molecular weight excluding hydrogens is 202 g/mol. The highest BCUT2D eigenvalue weighted by Gasteiger charge is 2.20. The second-order valence-electron chi connectivity index (χ2n) is 4.17. The first-order chi connectivity index (χ1) is 7.90. The Hall–Kier alpha value is -1.55. The van der Waals surface area contributed by atoms with Gasteiger partial charge in [0.05, 0.1) is 18.0 Å². The van der Waals surface area contributed by atoms with Crippen molar-refractivity contribution >= 4 is 0 Å². The Bertz CT molecular complexity index is 485. The van der Waals surface area contributed by atoms with Crippen LogP contribution in [0, 0.1) is 0 Å². The van der Waals surface area contributed by atoms with Gasteiger partial charge in [-0.15, -0.1) is 0 Å². The molecule has 0 aromatic carbocycles. The fourth-order valence-electron chi connectivity index (χ4n) is 2.40. The van der Waals surface area contributed by atoms with Gasteiger partial charge in [0.1, 0.15) is 11.5 Å². The van der Waals surface area contributed by atoms with Crippen LogP contribution in [-0.2, 0) is 19.6 Å². The molecule has 84 valence electrons. The summed E-state index contributed by atoms with van der Waals surface area (Å²) >= 11 is 0. The van der Waals surface area contributed by atoms with Crippen molar-refractivity contribution in [2.45, 2.75) is 32.4 Å². The van der Waals surface area contributed by atoms with Gasteiger partial charge >= 0.3 is 0 Å². The molecule has 2 N–H and O–H groups in total. The third-order valence-corrected chi connectivity index (χ3v) is 3.19. The van der Waals surface area contributed by atoms with Crippen LogP contribution in [0.2, 0.25) is 0 Å². The van der Waals surface area contributed by atoms with E-state index in [1.165, 1.54) is 12.8 Å². The SMILES string of the molecule is OCc1c(-c2ccc[nH]2)nc2n1CCCC2. The molecule has 0 radical (unpaired) electrons. The van der Waals surface area contributed by atoms with Gasteiger partial charge in [-0.3, -0.25) is 0 Å². The lowest BCUT2D eigenvalue weighted by Crippen LogP contribution is -2.12. The summed E-state index contributed by atoms with van der Waals surface area (Å²) in [4.78, 5) is 7.79. The summed E-state index contributed by atoms with van der Waals surface area (Å²) in [6.07, 6.45) is 5.29. The van der Waals surface area contributed by atoms with E-state index in [2.05, 4.69) is 14.5 Å². The van der Waals surface area contributed by atoms with E-state index in [-0.39, 0.29) is 6.61 Å². The van der Waals surface area contributed by atoms with Gasteiger partial charge in [-0.2, -0.15) is 0 Å². The van der Waals surface area contributed by atoms with Crippen LogP contribution >= 0.6 is 0 Å². The van der Waals surface area contributed by atoms with E-state index in [1.54, 1.807) is 0 Å². The Kier molecular flexibility index (Phi) is 2.29. The summed E-state index contributed by atoms with van der Waals surface area (Å²) in [6.45, 7) is 1.04. The molecule has 4 heteroatoms. The van der Waals surface area contributed by atoms with Crippen molar-refractivity contribution in [1.29, 1.82) is 0 Å². The third-order valence-electron chi connectivity index (χ3n) is 3.19. The van der Waals surface area contributed by atoms with Crippen LogP contribution in [0.25, 0.3) is 11.4 Å². The Balaban J connectivity index is 2.14. The molecule has 1 aliphatic rings. The van der Waals surface area contributed by atoms with Crippen LogP contribution in [0.4, 0.5) is 0 Å². The number of rotatable bonds is 2. The lowest BCUT2D eigenvalue weighted by molar-refractivity contribution is 0.268. The van der Waals surface area contributed by atoms with Crippen molar-refractivity contribution in [3.63, 3.8) is 0 Å². The number of aromatic nitrogens is 3. The topological polar surface area (TPSA) is 53.8 Å². The van der Waals surface area contributed by atoms with Crippen molar-refractivity contribution < 1.29 is 5.11 Å². The molecule has 16 heavy (non-hydrogen) atoms. The number of nitrogens with zero attached hydrogens (tertiary/aromatic N) is 2. The van der Waals surface area contributed by atoms with E-state index in [9.17, 15) is 5.11 Å². The van der Waals surface area contributed by atoms with Gasteiger partial charge in [-0.25, -0.2) is 4.98 Å². The van der Waals surface area contributed by atoms with Crippen LogP contribution in [0.1, 0.15) is 24.4 Å². The van der Waals surface area contributed by atoms with E-state index >= 15 is 0 Å². The lowest BCUT2D eigenvalue weighted by Gasteiger charge is -2.15. The predicted molar refractivity (Wildman–Crippen MR) is 60.9 cm³/mol. The lowest BCUT2D eigenvalue weighted by atomic mass is 10.1. The number of H-pyrrole nitrogens is 1. The van der Waals surface area contributed by atoms with Gasteiger partial charge in [0.15, 0.2) is 0 Å². The molecule has 0 saturated heterocycles. The molecule has 0 saturated carbocycles. The van der Waals surface area contributed by atoms with Gasteiger partial charge < -0.3 is 14.7 Å². The minimum absolute atomic E-state index is 0.0569. The molecule has 1 aliphatic heterocycles. The molecule has 0 fully saturated rings. The molecule has 2 aromatic rings. The predicted octanol–water partition coefficient (Wildman–Crippen LogP) is 1.71. The number of aromatic amines is 1. The van der Waals surface area contributed by atoms with Crippen LogP contribution < -0.4 is 0 Å². The summed E-state index contributed by atoms with van der Waals surface area (Å²) in [5.74, 6) is 1.11. The van der Waals surface area contributed by atoms with Gasteiger partial charge in [-0.05, 0) is 25.0 Å². The number of aliphatic hydroxyl groups is 1. The number of hydrogen-bond acceptors (Lipinski definition) is 2. The van der Waals surface area contributed by atoms with Crippen LogP contribution in [-0.4, -0.2) is 19.6 Å². The van der Waals surface area contributed by atoms with Crippen molar-refractivity contribution in [3.8, 4) is 11.4 Å². The molecule has 4 nitrogen and oxygen atoms in total. The van der Waals surface area contributed by atoms with Crippen LogP contribution in [0.3, 0.4) is 0 Å². The zero-order valence-corrected chi connectivity index (χ0v) is 9.11. The second kappa shape index (κ2) is 3.79. The van der Waals surface area contributed by atoms with Crippen LogP contribution in [0.5, 0.6) is 0 Å². The molecule has 0 spiro atoms. The fraction of sp³-hybridized carbons (Fsp3) is 0.417. The maximum absolute atomic E-state index is 9.49. The molecule has 2 aromatic heterocycles. The summed E-state index contributed by atoms with van der Waals surface area (Å²) in [5.41, 5.74) is 2.84. The average Bonchev–Trinajstić information content (AvgIpc) is 2.95. The number of aryl methyl sites for hydroxylation is 1.